The Hall–Kier alpha value is -3.73. The maximum atomic E-state index is 12.7. The lowest BCUT2D eigenvalue weighted by Crippen LogP contribution is -2.41. The van der Waals surface area contributed by atoms with Gasteiger partial charge in [0.25, 0.3) is 0 Å². The molecule has 2 aromatic carbocycles. The molecule has 0 saturated heterocycles. The van der Waals surface area contributed by atoms with Crippen molar-refractivity contribution in [2.24, 2.45) is 0 Å². The minimum absolute atomic E-state index is 0.218. The number of ether oxygens (including phenoxy) is 1. The van der Waals surface area contributed by atoms with Crippen molar-refractivity contribution in [1.82, 2.24) is 15.0 Å². The normalized spacial score (nSPS) is 11.2. The van der Waals surface area contributed by atoms with Gasteiger partial charge in [-0.3, -0.25) is 9.59 Å². The summed E-state index contributed by atoms with van der Waals surface area (Å²) in [6.07, 6.45) is -4.74. The highest BCUT2D eigenvalue weighted by molar-refractivity contribution is 6.39. The number of rotatable bonds is 7. The van der Waals surface area contributed by atoms with Gasteiger partial charge in [-0.05, 0) is 29.8 Å². The molecule has 0 unspecified atom stereocenters. The lowest BCUT2D eigenvalue weighted by molar-refractivity contribution is -0.159. The molecule has 0 aliphatic carbocycles. The van der Waals surface area contributed by atoms with Crippen LogP contribution in [0.5, 0.6) is 0 Å². The number of anilines is 1. The number of methoxy groups -OCH3 is 1. The third-order valence-electron chi connectivity index (χ3n) is 4.33. The first kappa shape index (κ1) is 22.9. The van der Waals surface area contributed by atoms with Gasteiger partial charge in [0.2, 0.25) is 5.82 Å². The maximum absolute atomic E-state index is 12.7. The molecule has 0 aliphatic heterocycles. The lowest BCUT2D eigenvalue weighted by atomic mass is 10.2. The highest BCUT2D eigenvalue weighted by Gasteiger charge is 2.38. The van der Waals surface area contributed by atoms with Gasteiger partial charge in [0.15, 0.2) is 0 Å². The zero-order chi connectivity index (χ0) is 23.1. The van der Waals surface area contributed by atoms with Crippen LogP contribution in [0.25, 0.3) is 11.4 Å². The molecule has 11 heteroatoms. The first-order chi connectivity index (χ1) is 15.3. The Bertz CT molecular complexity index is 1050. The fourth-order valence-electron chi connectivity index (χ4n) is 2.74. The highest BCUT2D eigenvalue weighted by atomic mass is 19.4. The van der Waals surface area contributed by atoms with E-state index in [2.05, 4.69) is 20.0 Å². The van der Waals surface area contributed by atoms with Crippen LogP contribution in [-0.2, 0) is 27.0 Å². The first-order valence-electron chi connectivity index (χ1n) is 9.42. The SMILES string of the molecule is COCCN(Cc1ccccc1)C(=O)C(=O)Nc1ccc(-c2noc(C(F)(F)F)n2)cc1. The van der Waals surface area contributed by atoms with Gasteiger partial charge in [0, 0.05) is 31.5 Å². The Balaban J connectivity index is 1.66. The van der Waals surface area contributed by atoms with E-state index in [0.717, 1.165) is 5.56 Å². The largest absolute Gasteiger partial charge is 0.471 e. The number of halogens is 3. The van der Waals surface area contributed by atoms with E-state index in [-0.39, 0.29) is 36.8 Å². The summed E-state index contributed by atoms with van der Waals surface area (Å²) in [4.78, 5) is 29.8. The molecule has 3 rings (SSSR count). The van der Waals surface area contributed by atoms with E-state index in [4.69, 9.17) is 4.74 Å². The maximum Gasteiger partial charge on any atom is 0.471 e. The molecule has 1 N–H and O–H groups in total. The second-order valence-electron chi connectivity index (χ2n) is 6.66. The van der Waals surface area contributed by atoms with Crippen LogP contribution in [0, 0.1) is 0 Å². The fraction of sp³-hybridized carbons (Fsp3) is 0.238. The summed E-state index contributed by atoms with van der Waals surface area (Å²) in [6, 6.07) is 14.8. The number of hydrogen-bond donors (Lipinski definition) is 1. The summed E-state index contributed by atoms with van der Waals surface area (Å²) < 4.78 is 47.0. The van der Waals surface area contributed by atoms with Gasteiger partial charge in [-0.1, -0.05) is 35.5 Å². The number of carbonyl (C=O) groups is 2. The van der Waals surface area contributed by atoms with E-state index in [0.29, 0.717) is 0 Å². The molecule has 0 radical (unpaired) electrons. The first-order valence-corrected chi connectivity index (χ1v) is 9.42. The van der Waals surface area contributed by atoms with E-state index in [1.807, 2.05) is 30.3 Å². The van der Waals surface area contributed by atoms with Crippen molar-refractivity contribution < 1.29 is 32.0 Å². The topological polar surface area (TPSA) is 97.6 Å². The summed E-state index contributed by atoms with van der Waals surface area (Å²) in [5.74, 6) is -3.31. The number of amides is 2. The van der Waals surface area contributed by atoms with Gasteiger partial charge < -0.3 is 19.5 Å². The van der Waals surface area contributed by atoms with Gasteiger partial charge in [0.05, 0.1) is 6.61 Å². The minimum atomic E-state index is -4.74. The third kappa shape index (κ3) is 5.91. The molecule has 0 fully saturated rings. The van der Waals surface area contributed by atoms with Crippen LogP contribution >= 0.6 is 0 Å². The monoisotopic (exact) mass is 448 g/mol. The molecule has 1 aromatic heterocycles. The number of carbonyl (C=O) groups excluding carboxylic acids is 2. The molecule has 1 heterocycles. The van der Waals surface area contributed by atoms with Crippen molar-refractivity contribution in [3.63, 3.8) is 0 Å². The van der Waals surface area contributed by atoms with E-state index in [1.165, 1.54) is 36.3 Å². The number of nitrogens with one attached hydrogen (secondary N) is 1. The average Bonchev–Trinajstić information content (AvgIpc) is 3.28. The fourth-order valence-corrected chi connectivity index (χ4v) is 2.74. The molecule has 8 nitrogen and oxygen atoms in total. The molecule has 32 heavy (non-hydrogen) atoms. The summed E-state index contributed by atoms with van der Waals surface area (Å²) in [6.45, 7) is 0.704. The molecule has 0 aliphatic rings. The molecule has 3 aromatic rings. The minimum Gasteiger partial charge on any atom is -0.383 e. The zero-order valence-electron chi connectivity index (χ0n) is 16.9. The smallest absolute Gasteiger partial charge is 0.383 e. The van der Waals surface area contributed by atoms with E-state index in [1.54, 1.807) is 0 Å². The van der Waals surface area contributed by atoms with Crippen LogP contribution in [0.15, 0.2) is 59.1 Å². The van der Waals surface area contributed by atoms with Crippen molar-refractivity contribution in [2.45, 2.75) is 12.7 Å². The Morgan fingerprint density at radius 1 is 1.09 bits per heavy atom. The molecule has 2 amide bonds. The Labute approximate surface area is 181 Å². The van der Waals surface area contributed by atoms with Crippen LogP contribution in [0.1, 0.15) is 11.5 Å². The molecule has 0 spiro atoms. The molecular formula is C21H19F3N4O4. The average molecular weight is 448 g/mol. The van der Waals surface area contributed by atoms with Crippen LogP contribution in [-0.4, -0.2) is 47.1 Å². The van der Waals surface area contributed by atoms with Crippen molar-refractivity contribution in [2.75, 3.05) is 25.6 Å². The van der Waals surface area contributed by atoms with Gasteiger partial charge in [0.1, 0.15) is 0 Å². The Kier molecular flexibility index (Phi) is 7.21. The third-order valence-corrected chi connectivity index (χ3v) is 4.33. The van der Waals surface area contributed by atoms with Crippen molar-refractivity contribution in [3.05, 3.63) is 66.1 Å². The molecule has 0 saturated carbocycles. The zero-order valence-corrected chi connectivity index (χ0v) is 16.9. The van der Waals surface area contributed by atoms with Gasteiger partial charge in [-0.15, -0.1) is 0 Å². The summed E-state index contributed by atoms with van der Waals surface area (Å²) in [7, 11) is 1.49. The summed E-state index contributed by atoms with van der Waals surface area (Å²) >= 11 is 0. The molecule has 0 atom stereocenters. The van der Waals surface area contributed by atoms with Crippen LogP contribution in [0.2, 0.25) is 0 Å². The van der Waals surface area contributed by atoms with Gasteiger partial charge >= 0.3 is 23.9 Å². The number of aromatic nitrogens is 2. The predicted molar refractivity (Wildman–Crippen MR) is 107 cm³/mol. The standard InChI is InChI=1S/C21H19F3N4O4/c1-31-12-11-28(13-14-5-3-2-4-6-14)19(30)18(29)25-16-9-7-15(8-10-16)17-26-20(32-27-17)21(22,23)24/h2-10H,11-13H2,1H3,(H,25,29). The Morgan fingerprint density at radius 3 is 2.38 bits per heavy atom. The quantitative estimate of drug-likeness (QED) is 0.557. The van der Waals surface area contributed by atoms with E-state index >= 15 is 0 Å². The van der Waals surface area contributed by atoms with Crippen molar-refractivity contribution in [1.29, 1.82) is 0 Å². The summed E-state index contributed by atoms with van der Waals surface area (Å²) in [5, 5.41) is 5.77. The Morgan fingerprint density at radius 2 is 1.78 bits per heavy atom. The number of hydrogen-bond acceptors (Lipinski definition) is 6. The number of alkyl halides is 3. The lowest BCUT2D eigenvalue weighted by Gasteiger charge is -2.22. The van der Waals surface area contributed by atoms with Crippen LogP contribution in [0.4, 0.5) is 18.9 Å². The van der Waals surface area contributed by atoms with E-state index in [9.17, 15) is 22.8 Å². The van der Waals surface area contributed by atoms with Crippen molar-refractivity contribution in [3.8, 4) is 11.4 Å². The van der Waals surface area contributed by atoms with Crippen LogP contribution < -0.4 is 5.32 Å². The second-order valence-corrected chi connectivity index (χ2v) is 6.66. The van der Waals surface area contributed by atoms with Crippen LogP contribution in [0.3, 0.4) is 0 Å². The van der Waals surface area contributed by atoms with Gasteiger partial charge in [-0.25, -0.2) is 0 Å². The molecule has 0 bridgehead atoms. The second kappa shape index (κ2) is 10.1. The molecule has 168 valence electrons. The predicted octanol–water partition coefficient (Wildman–Crippen LogP) is 3.37. The highest BCUT2D eigenvalue weighted by Crippen LogP contribution is 2.29. The van der Waals surface area contributed by atoms with Gasteiger partial charge in [-0.2, -0.15) is 18.2 Å². The number of benzene rings is 2. The van der Waals surface area contributed by atoms with Crippen molar-refractivity contribution >= 4 is 17.5 Å². The number of nitrogens with zero attached hydrogens (tertiary/aromatic N) is 3. The molecular weight excluding hydrogens is 429 g/mol. The summed E-state index contributed by atoms with van der Waals surface area (Å²) in [5.41, 5.74) is 1.38. The van der Waals surface area contributed by atoms with E-state index < -0.39 is 23.9 Å².